The Morgan fingerprint density at radius 1 is 0.652 bits per heavy atom. The zero-order chi connectivity index (χ0) is 17.3. The summed E-state index contributed by atoms with van der Waals surface area (Å²) in [6, 6.07) is 0. The molecule has 2 aliphatic heterocycles. The minimum atomic E-state index is -1.76. The van der Waals surface area contributed by atoms with Crippen LogP contribution < -0.4 is 0 Å². The Labute approximate surface area is 130 Å². The van der Waals surface area contributed by atoms with Gasteiger partial charge in [0.15, 0.2) is 12.6 Å². The third kappa shape index (κ3) is 3.65. The lowest BCUT2D eigenvalue weighted by Crippen LogP contribution is -2.64. The van der Waals surface area contributed by atoms with Gasteiger partial charge >= 0.3 is 0 Å². The van der Waals surface area contributed by atoms with Crippen molar-refractivity contribution in [2.24, 2.45) is 0 Å². The van der Waals surface area contributed by atoms with Crippen LogP contribution in [0.3, 0.4) is 0 Å². The Balaban J connectivity index is 2.11. The first-order valence-electron chi connectivity index (χ1n) is 7.08. The van der Waals surface area contributed by atoms with Crippen molar-refractivity contribution in [1.29, 1.82) is 0 Å². The predicted octanol–water partition coefficient (Wildman–Crippen LogP) is -5.40. The SMILES string of the molecule is OCC1OC(OC2C(O)C(O)OC(CO)C2O)C(O)C(O)C1O. The first kappa shape index (κ1) is 18.9. The van der Waals surface area contributed by atoms with Crippen LogP contribution in [-0.2, 0) is 14.2 Å². The third-order valence-corrected chi connectivity index (χ3v) is 3.98. The quantitative estimate of drug-likeness (QED) is 0.243. The molecule has 2 saturated heterocycles. The molecule has 0 aromatic rings. The van der Waals surface area contributed by atoms with Gasteiger partial charge < -0.3 is 55.1 Å². The second kappa shape index (κ2) is 7.63. The minimum absolute atomic E-state index is 0.667. The van der Waals surface area contributed by atoms with E-state index in [2.05, 4.69) is 0 Å². The van der Waals surface area contributed by atoms with Gasteiger partial charge in [0.1, 0.15) is 48.8 Å². The zero-order valence-electron chi connectivity index (χ0n) is 12.0. The van der Waals surface area contributed by atoms with Gasteiger partial charge in [-0.25, -0.2) is 0 Å². The molecule has 2 rings (SSSR count). The molecule has 11 nitrogen and oxygen atoms in total. The van der Waals surface area contributed by atoms with Crippen LogP contribution in [0.1, 0.15) is 0 Å². The highest BCUT2D eigenvalue weighted by molar-refractivity contribution is 4.93. The van der Waals surface area contributed by atoms with Crippen LogP contribution in [0, 0.1) is 0 Å². The van der Waals surface area contributed by atoms with E-state index in [0.717, 1.165) is 0 Å². The molecule has 0 bridgehead atoms. The molecule has 0 radical (unpaired) electrons. The fourth-order valence-electron chi connectivity index (χ4n) is 2.56. The van der Waals surface area contributed by atoms with Crippen LogP contribution in [0.2, 0.25) is 0 Å². The molecule has 2 aliphatic rings. The lowest BCUT2D eigenvalue weighted by molar-refractivity contribution is -0.355. The van der Waals surface area contributed by atoms with Crippen LogP contribution in [-0.4, -0.2) is 115 Å². The summed E-state index contributed by atoms with van der Waals surface area (Å²) >= 11 is 0. The molecule has 2 fully saturated rings. The molecule has 136 valence electrons. The summed E-state index contributed by atoms with van der Waals surface area (Å²) in [5.74, 6) is 0. The molecule has 10 unspecified atom stereocenters. The van der Waals surface area contributed by atoms with E-state index < -0.39 is 74.6 Å². The van der Waals surface area contributed by atoms with E-state index in [1.54, 1.807) is 0 Å². The summed E-state index contributed by atoms with van der Waals surface area (Å²) in [5, 5.41) is 76.8. The van der Waals surface area contributed by atoms with Crippen molar-refractivity contribution in [3.63, 3.8) is 0 Å². The molecular weight excluding hydrogens is 320 g/mol. The van der Waals surface area contributed by atoms with Crippen LogP contribution in [0.5, 0.6) is 0 Å². The van der Waals surface area contributed by atoms with Crippen molar-refractivity contribution in [3.8, 4) is 0 Å². The smallest absolute Gasteiger partial charge is 0.187 e. The maximum absolute atomic E-state index is 10.00. The van der Waals surface area contributed by atoms with E-state index >= 15 is 0 Å². The van der Waals surface area contributed by atoms with E-state index in [4.69, 9.17) is 24.4 Å². The van der Waals surface area contributed by atoms with Gasteiger partial charge in [-0.3, -0.25) is 0 Å². The van der Waals surface area contributed by atoms with Gasteiger partial charge in [0.05, 0.1) is 13.2 Å². The molecule has 23 heavy (non-hydrogen) atoms. The van der Waals surface area contributed by atoms with Gasteiger partial charge in [0, 0.05) is 0 Å². The van der Waals surface area contributed by atoms with Gasteiger partial charge in [0.25, 0.3) is 0 Å². The minimum Gasteiger partial charge on any atom is -0.394 e. The van der Waals surface area contributed by atoms with Crippen molar-refractivity contribution in [3.05, 3.63) is 0 Å². The third-order valence-electron chi connectivity index (χ3n) is 3.98. The normalized spacial score (nSPS) is 51.7. The summed E-state index contributed by atoms with van der Waals surface area (Å²) in [6.45, 7) is -1.34. The molecule has 0 amide bonds. The van der Waals surface area contributed by atoms with Crippen molar-refractivity contribution in [2.45, 2.75) is 61.4 Å². The Kier molecular flexibility index (Phi) is 6.27. The predicted molar refractivity (Wildman–Crippen MR) is 68.6 cm³/mol. The Hall–Kier alpha value is -0.440. The summed E-state index contributed by atoms with van der Waals surface area (Å²) < 4.78 is 15.1. The first-order chi connectivity index (χ1) is 10.8. The highest BCUT2D eigenvalue weighted by Crippen LogP contribution is 2.28. The number of aliphatic hydroxyl groups excluding tert-OH is 8. The lowest BCUT2D eigenvalue weighted by Gasteiger charge is -2.45. The van der Waals surface area contributed by atoms with Gasteiger partial charge in [-0.05, 0) is 0 Å². The molecule has 0 aromatic carbocycles. The average Bonchev–Trinajstić information content (AvgIpc) is 2.54. The lowest BCUT2D eigenvalue weighted by atomic mass is 9.97. The molecule has 10 atom stereocenters. The topological polar surface area (TPSA) is 190 Å². The van der Waals surface area contributed by atoms with Gasteiger partial charge in [-0.1, -0.05) is 0 Å². The fraction of sp³-hybridized carbons (Fsp3) is 1.00. The molecule has 2 heterocycles. The van der Waals surface area contributed by atoms with E-state index in [-0.39, 0.29) is 0 Å². The van der Waals surface area contributed by atoms with Gasteiger partial charge in [-0.2, -0.15) is 0 Å². The molecule has 11 heteroatoms. The molecule has 0 aliphatic carbocycles. The van der Waals surface area contributed by atoms with Crippen molar-refractivity contribution >= 4 is 0 Å². The molecular formula is C12H22O11. The summed E-state index contributed by atoms with van der Waals surface area (Å²) in [6.07, 6.45) is -15.7. The fourth-order valence-corrected chi connectivity index (χ4v) is 2.56. The number of hydrogen-bond acceptors (Lipinski definition) is 11. The maximum Gasteiger partial charge on any atom is 0.187 e. The Bertz CT molecular complexity index is 380. The van der Waals surface area contributed by atoms with E-state index in [9.17, 15) is 30.6 Å². The Morgan fingerprint density at radius 2 is 1.22 bits per heavy atom. The van der Waals surface area contributed by atoms with E-state index in [1.807, 2.05) is 0 Å². The van der Waals surface area contributed by atoms with Crippen LogP contribution in [0.15, 0.2) is 0 Å². The molecule has 0 spiro atoms. The van der Waals surface area contributed by atoms with Gasteiger partial charge in [0.2, 0.25) is 0 Å². The highest BCUT2D eigenvalue weighted by Gasteiger charge is 2.50. The van der Waals surface area contributed by atoms with Crippen molar-refractivity contribution in [1.82, 2.24) is 0 Å². The van der Waals surface area contributed by atoms with Crippen LogP contribution >= 0.6 is 0 Å². The average molecular weight is 342 g/mol. The van der Waals surface area contributed by atoms with Crippen molar-refractivity contribution in [2.75, 3.05) is 13.2 Å². The standard InChI is InChI=1S/C12H22O11/c13-1-3-5(15)7(17)8(18)12(22-3)23-10-6(16)4(2-14)21-11(20)9(10)19/h3-20H,1-2H2. The Morgan fingerprint density at radius 3 is 1.78 bits per heavy atom. The van der Waals surface area contributed by atoms with Gasteiger partial charge in [-0.15, -0.1) is 0 Å². The first-order valence-corrected chi connectivity index (χ1v) is 7.08. The summed E-state index contributed by atoms with van der Waals surface area (Å²) in [7, 11) is 0. The number of hydrogen-bond donors (Lipinski definition) is 8. The second-order valence-electron chi connectivity index (χ2n) is 5.53. The largest absolute Gasteiger partial charge is 0.394 e. The number of rotatable bonds is 4. The summed E-state index contributed by atoms with van der Waals surface area (Å²) in [5.41, 5.74) is 0. The molecule has 0 saturated carbocycles. The number of ether oxygens (including phenoxy) is 3. The number of aliphatic hydroxyl groups is 8. The van der Waals surface area contributed by atoms with Crippen LogP contribution in [0.25, 0.3) is 0 Å². The maximum atomic E-state index is 10.00. The summed E-state index contributed by atoms with van der Waals surface area (Å²) in [4.78, 5) is 0. The van der Waals surface area contributed by atoms with Crippen molar-refractivity contribution < 1.29 is 55.1 Å². The second-order valence-corrected chi connectivity index (χ2v) is 5.53. The van der Waals surface area contributed by atoms with E-state index in [1.165, 1.54) is 0 Å². The van der Waals surface area contributed by atoms with Crippen LogP contribution in [0.4, 0.5) is 0 Å². The molecule has 0 aromatic heterocycles. The highest BCUT2D eigenvalue weighted by atomic mass is 16.7. The van der Waals surface area contributed by atoms with E-state index in [0.29, 0.717) is 0 Å². The zero-order valence-corrected chi connectivity index (χ0v) is 12.0. The monoisotopic (exact) mass is 342 g/mol. The molecule has 8 N–H and O–H groups in total.